The Labute approximate surface area is 128 Å². The molecule has 4 nitrogen and oxygen atoms in total. The minimum atomic E-state index is -0.421. The fraction of sp³-hybridized carbons (Fsp3) is 0.357. The first-order chi connectivity index (χ1) is 9.54. The normalized spacial score (nSPS) is 12.7. The van der Waals surface area contributed by atoms with Crippen LogP contribution >= 0.6 is 23.2 Å². The minimum absolute atomic E-state index is 0.421. The molecule has 108 valence electrons. The number of aromatic nitrogens is 2. The molecule has 0 amide bonds. The second-order valence-electron chi connectivity index (χ2n) is 4.60. The first kappa shape index (κ1) is 15.3. The molecule has 0 radical (unpaired) electrons. The van der Waals surface area contributed by atoms with Gasteiger partial charge in [0.15, 0.2) is 0 Å². The van der Waals surface area contributed by atoms with Crippen molar-refractivity contribution in [2.75, 3.05) is 13.7 Å². The Bertz CT molecular complexity index is 598. The Balaban J connectivity index is 2.37. The van der Waals surface area contributed by atoms with Crippen LogP contribution in [0.5, 0.6) is 0 Å². The van der Waals surface area contributed by atoms with Crippen molar-refractivity contribution < 1.29 is 4.74 Å². The van der Waals surface area contributed by atoms with Gasteiger partial charge in [-0.1, -0.05) is 35.3 Å². The second-order valence-corrected chi connectivity index (χ2v) is 5.41. The summed E-state index contributed by atoms with van der Waals surface area (Å²) < 4.78 is 6.82. The summed E-state index contributed by atoms with van der Waals surface area (Å²) in [5.41, 5.74) is 8.98. The number of halogens is 2. The van der Waals surface area contributed by atoms with E-state index in [2.05, 4.69) is 5.10 Å². The molecule has 0 saturated heterocycles. The summed E-state index contributed by atoms with van der Waals surface area (Å²) in [7, 11) is 1.64. The lowest BCUT2D eigenvalue weighted by Gasteiger charge is -2.17. The lowest BCUT2D eigenvalue weighted by atomic mass is 10.0. The number of hydrogen-bond acceptors (Lipinski definition) is 3. The molecular formula is C14H17Cl2N3O. The summed E-state index contributed by atoms with van der Waals surface area (Å²) in [6.45, 7) is 3.12. The van der Waals surface area contributed by atoms with Crippen molar-refractivity contribution in [2.24, 2.45) is 5.73 Å². The molecule has 0 saturated carbocycles. The maximum absolute atomic E-state index is 6.31. The number of benzene rings is 1. The van der Waals surface area contributed by atoms with E-state index in [1.165, 1.54) is 0 Å². The SMILES string of the molecule is COCCn1ncc(Cl)c1C(N)c1ccc(C)cc1Cl. The first-order valence-electron chi connectivity index (χ1n) is 6.26. The molecule has 2 aromatic rings. The lowest BCUT2D eigenvalue weighted by Crippen LogP contribution is -2.19. The van der Waals surface area contributed by atoms with E-state index >= 15 is 0 Å². The Morgan fingerprint density at radius 1 is 1.35 bits per heavy atom. The Hall–Kier alpha value is -1.07. The highest BCUT2D eigenvalue weighted by Crippen LogP contribution is 2.31. The average Bonchev–Trinajstić information content (AvgIpc) is 2.77. The number of hydrogen-bond donors (Lipinski definition) is 1. The van der Waals surface area contributed by atoms with E-state index in [4.69, 9.17) is 33.7 Å². The lowest BCUT2D eigenvalue weighted by molar-refractivity contribution is 0.182. The van der Waals surface area contributed by atoms with Crippen LogP contribution in [0.2, 0.25) is 10.0 Å². The molecule has 20 heavy (non-hydrogen) atoms. The largest absolute Gasteiger partial charge is 0.383 e. The summed E-state index contributed by atoms with van der Waals surface area (Å²) in [6.07, 6.45) is 1.59. The highest BCUT2D eigenvalue weighted by Gasteiger charge is 2.20. The molecule has 0 bridgehead atoms. The summed E-state index contributed by atoms with van der Waals surface area (Å²) in [5.74, 6) is 0. The molecule has 2 rings (SSSR count). The molecule has 1 aromatic carbocycles. The van der Waals surface area contributed by atoms with Crippen LogP contribution in [0, 0.1) is 6.92 Å². The van der Waals surface area contributed by atoms with Crippen molar-refractivity contribution in [3.63, 3.8) is 0 Å². The molecule has 1 aromatic heterocycles. The number of methoxy groups -OCH3 is 1. The molecule has 0 fully saturated rings. The Morgan fingerprint density at radius 2 is 2.10 bits per heavy atom. The van der Waals surface area contributed by atoms with Crippen LogP contribution < -0.4 is 5.73 Å². The molecule has 0 aliphatic carbocycles. The number of nitrogens with two attached hydrogens (primary N) is 1. The van der Waals surface area contributed by atoms with Gasteiger partial charge in [-0.2, -0.15) is 5.10 Å². The van der Waals surface area contributed by atoms with E-state index < -0.39 is 6.04 Å². The maximum atomic E-state index is 6.31. The van der Waals surface area contributed by atoms with Crippen molar-refractivity contribution in [3.05, 3.63) is 51.3 Å². The van der Waals surface area contributed by atoms with Crippen molar-refractivity contribution in [3.8, 4) is 0 Å². The van der Waals surface area contributed by atoms with Crippen LogP contribution in [0.4, 0.5) is 0 Å². The Kier molecular flexibility index (Phi) is 5.05. The van der Waals surface area contributed by atoms with Gasteiger partial charge in [-0.15, -0.1) is 0 Å². The smallest absolute Gasteiger partial charge is 0.0837 e. The monoisotopic (exact) mass is 313 g/mol. The zero-order valence-electron chi connectivity index (χ0n) is 11.4. The second kappa shape index (κ2) is 6.59. The summed E-state index contributed by atoms with van der Waals surface area (Å²) in [5, 5.41) is 5.39. The molecule has 1 unspecified atom stereocenters. The van der Waals surface area contributed by atoms with E-state index in [1.807, 2.05) is 25.1 Å². The van der Waals surface area contributed by atoms with E-state index in [0.29, 0.717) is 23.2 Å². The fourth-order valence-corrected chi connectivity index (χ4v) is 2.68. The zero-order chi connectivity index (χ0) is 14.7. The van der Waals surface area contributed by atoms with Crippen LogP contribution in [0.3, 0.4) is 0 Å². The first-order valence-corrected chi connectivity index (χ1v) is 7.02. The van der Waals surface area contributed by atoms with Crippen molar-refractivity contribution in [1.29, 1.82) is 0 Å². The summed E-state index contributed by atoms with van der Waals surface area (Å²) in [6, 6.07) is 5.37. The van der Waals surface area contributed by atoms with Gasteiger partial charge in [0, 0.05) is 12.1 Å². The molecule has 0 spiro atoms. The third-order valence-corrected chi connectivity index (χ3v) is 3.74. The van der Waals surface area contributed by atoms with Gasteiger partial charge in [0.2, 0.25) is 0 Å². The molecule has 1 atom stereocenters. The van der Waals surface area contributed by atoms with Gasteiger partial charge in [-0.05, 0) is 24.1 Å². The van der Waals surface area contributed by atoms with E-state index in [0.717, 1.165) is 16.8 Å². The van der Waals surface area contributed by atoms with E-state index in [-0.39, 0.29) is 0 Å². The molecular weight excluding hydrogens is 297 g/mol. The summed E-state index contributed by atoms with van der Waals surface area (Å²) in [4.78, 5) is 0. The van der Waals surface area contributed by atoms with Gasteiger partial charge in [-0.3, -0.25) is 4.68 Å². The van der Waals surface area contributed by atoms with E-state index in [9.17, 15) is 0 Å². The van der Waals surface area contributed by atoms with Crippen molar-refractivity contribution in [1.82, 2.24) is 9.78 Å². The van der Waals surface area contributed by atoms with Crippen molar-refractivity contribution >= 4 is 23.2 Å². The van der Waals surface area contributed by atoms with Gasteiger partial charge < -0.3 is 10.5 Å². The highest BCUT2D eigenvalue weighted by molar-refractivity contribution is 6.32. The minimum Gasteiger partial charge on any atom is -0.383 e. The van der Waals surface area contributed by atoms with Gasteiger partial charge in [0.05, 0.1) is 36.1 Å². The average molecular weight is 314 g/mol. The number of rotatable bonds is 5. The third kappa shape index (κ3) is 3.15. The van der Waals surface area contributed by atoms with Crippen LogP contribution in [0.1, 0.15) is 22.9 Å². The molecule has 6 heteroatoms. The zero-order valence-corrected chi connectivity index (χ0v) is 12.9. The van der Waals surface area contributed by atoms with Gasteiger partial charge in [-0.25, -0.2) is 0 Å². The van der Waals surface area contributed by atoms with Crippen LogP contribution in [-0.2, 0) is 11.3 Å². The molecule has 2 N–H and O–H groups in total. The number of aryl methyl sites for hydroxylation is 1. The molecule has 0 aliphatic rings. The van der Waals surface area contributed by atoms with Gasteiger partial charge >= 0.3 is 0 Å². The predicted octanol–water partition coefficient (Wildman–Crippen LogP) is 3.19. The van der Waals surface area contributed by atoms with Gasteiger partial charge in [0.1, 0.15) is 0 Å². The highest BCUT2D eigenvalue weighted by atomic mass is 35.5. The molecule has 0 aliphatic heterocycles. The quantitative estimate of drug-likeness (QED) is 0.922. The number of ether oxygens (including phenoxy) is 1. The fourth-order valence-electron chi connectivity index (χ4n) is 2.07. The van der Waals surface area contributed by atoms with E-state index in [1.54, 1.807) is 18.0 Å². The number of nitrogens with zero attached hydrogens (tertiary/aromatic N) is 2. The van der Waals surface area contributed by atoms with Gasteiger partial charge in [0.25, 0.3) is 0 Å². The topological polar surface area (TPSA) is 53.1 Å². The standard InChI is InChI=1S/C14H17Cl2N3O/c1-9-3-4-10(11(15)7-9)13(17)14-12(16)8-18-19(14)5-6-20-2/h3-4,7-8,13H,5-6,17H2,1-2H3. The van der Waals surface area contributed by atoms with Crippen LogP contribution in [0.25, 0.3) is 0 Å². The third-order valence-electron chi connectivity index (χ3n) is 3.13. The Morgan fingerprint density at radius 3 is 2.75 bits per heavy atom. The summed E-state index contributed by atoms with van der Waals surface area (Å²) >= 11 is 12.5. The van der Waals surface area contributed by atoms with Crippen molar-refractivity contribution in [2.45, 2.75) is 19.5 Å². The van der Waals surface area contributed by atoms with Crippen LogP contribution in [0.15, 0.2) is 24.4 Å². The predicted molar refractivity (Wildman–Crippen MR) is 81.3 cm³/mol. The maximum Gasteiger partial charge on any atom is 0.0837 e. The van der Waals surface area contributed by atoms with Crippen LogP contribution in [-0.4, -0.2) is 23.5 Å². The molecule has 1 heterocycles.